The van der Waals surface area contributed by atoms with Gasteiger partial charge in [-0.3, -0.25) is 19.3 Å². The molecule has 2 heterocycles. The summed E-state index contributed by atoms with van der Waals surface area (Å²) in [4.78, 5) is 38.8. The summed E-state index contributed by atoms with van der Waals surface area (Å²) in [6.45, 7) is 14.3. The molecule has 2 N–H and O–H groups in total. The van der Waals surface area contributed by atoms with Crippen LogP contribution in [0.25, 0.3) is 0 Å². The maximum absolute atomic E-state index is 12.3. The number of hydrogen-bond acceptors (Lipinski definition) is 5. The number of fused-ring (bicyclic) bond motifs is 6. The first-order valence-corrected chi connectivity index (χ1v) is 17.2. The quantitative estimate of drug-likeness (QED) is 0.479. The summed E-state index contributed by atoms with van der Waals surface area (Å²) in [6, 6.07) is 0.393. The Morgan fingerprint density at radius 3 is 2.67 bits per heavy atom. The lowest BCUT2D eigenvalue weighted by atomic mass is 9.56. The molecule has 7 nitrogen and oxygen atoms in total. The molecule has 0 radical (unpaired) electrons. The molecule has 0 aromatic heterocycles. The summed E-state index contributed by atoms with van der Waals surface area (Å²) >= 11 is 0. The summed E-state index contributed by atoms with van der Waals surface area (Å²) in [5.74, 6) is 3.50. The highest BCUT2D eigenvalue weighted by Gasteiger charge is 2.84. The number of carbonyl (C=O) groups excluding carboxylic acids is 3. The van der Waals surface area contributed by atoms with E-state index in [0.717, 1.165) is 50.6 Å². The Kier molecular flexibility index (Phi) is 6.83. The molecule has 11 atom stereocenters. The van der Waals surface area contributed by atoms with Gasteiger partial charge < -0.3 is 15.4 Å². The average molecular weight is 580 g/mol. The van der Waals surface area contributed by atoms with Crippen molar-refractivity contribution < 1.29 is 19.1 Å². The van der Waals surface area contributed by atoms with Crippen LogP contribution in [0.2, 0.25) is 0 Å². The van der Waals surface area contributed by atoms with Gasteiger partial charge in [0.1, 0.15) is 0 Å². The van der Waals surface area contributed by atoms with Crippen LogP contribution in [0, 0.1) is 45.8 Å². The van der Waals surface area contributed by atoms with Crippen molar-refractivity contribution in [2.75, 3.05) is 26.2 Å². The van der Waals surface area contributed by atoms with Gasteiger partial charge in [-0.2, -0.15) is 0 Å². The van der Waals surface area contributed by atoms with E-state index in [2.05, 4.69) is 43.2 Å². The molecular weight excluding hydrogens is 526 g/mol. The zero-order valence-electron chi connectivity index (χ0n) is 26.6. The van der Waals surface area contributed by atoms with Crippen LogP contribution in [0.4, 0.5) is 0 Å². The van der Waals surface area contributed by atoms with Gasteiger partial charge in [-0.25, -0.2) is 0 Å². The maximum Gasteiger partial charge on any atom is 0.239 e. The van der Waals surface area contributed by atoms with Crippen molar-refractivity contribution in [2.24, 2.45) is 45.8 Å². The molecule has 7 rings (SSSR count). The Labute approximate surface area is 252 Å². The third-order valence-corrected chi connectivity index (χ3v) is 14.3. The van der Waals surface area contributed by atoms with Crippen molar-refractivity contribution in [1.82, 2.24) is 15.5 Å². The largest absolute Gasteiger partial charge is 0.369 e. The zero-order chi connectivity index (χ0) is 29.7. The summed E-state index contributed by atoms with van der Waals surface area (Å²) in [5, 5.41) is 5.72. The molecule has 42 heavy (non-hydrogen) atoms. The third kappa shape index (κ3) is 3.93. The van der Waals surface area contributed by atoms with Crippen LogP contribution < -0.4 is 10.6 Å². The van der Waals surface area contributed by atoms with Crippen LogP contribution >= 0.6 is 0 Å². The number of ketones is 1. The highest BCUT2D eigenvalue weighted by molar-refractivity contribution is 5.91. The minimum atomic E-state index is -0.118. The van der Waals surface area contributed by atoms with Gasteiger partial charge in [0.2, 0.25) is 11.8 Å². The normalized spacial score (nSPS) is 48.8. The smallest absolute Gasteiger partial charge is 0.239 e. The van der Waals surface area contributed by atoms with E-state index in [9.17, 15) is 14.4 Å². The molecule has 2 spiro atoms. The highest BCUT2D eigenvalue weighted by atomic mass is 16.5. The fourth-order valence-electron chi connectivity index (χ4n) is 12.3. The second-order valence-electron chi connectivity index (χ2n) is 16.0. The van der Waals surface area contributed by atoms with E-state index in [4.69, 9.17) is 4.74 Å². The van der Waals surface area contributed by atoms with E-state index in [0.29, 0.717) is 48.0 Å². The lowest BCUT2D eigenvalue weighted by Crippen LogP contribution is -2.55. The monoisotopic (exact) mass is 579 g/mol. The SMILES string of the molecule is CCC(=O)NCC(=O)NCCN1C[C@@H](C)C[C@H]2O[C@]3(CC[C@H]4[C@@H]5CCC6=CC(=O)CC[C@]6(C)[C@H]5CC45CC53C)[C@H](C)[C@@H]21. The molecule has 0 aromatic carbocycles. The molecule has 2 unspecified atom stereocenters. The fraction of sp³-hybridized carbons (Fsp3) is 0.857. The van der Waals surface area contributed by atoms with E-state index < -0.39 is 0 Å². The van der Waals surface area contributed by atoms with Gasteiger partial charge in [-0.1, -0.05) is 40.2 Å². The molecule has 232 valence electrons. The van der Waals surface area contributed by atoms with Gasteiger partial charge in [0.25, 0.3) is 0 Å². The maximum atomic E-state index is 12.3. The second-order valence-corrected chi connectivity index (χ2v) is 16.0. The molecule has 6 fully saturated rings. The second kappa shape index (κ2) is 9.89. The number of likely N-dealkylation sites (tertiary alicyclic amines) is 1. The van der Waals surface area contributed by atoms with Crippen LogP contribution in [-0.2, 0) is 19.1 Å². The molecule has 7 heteroatoms. The van der Waals surface area contributed by atoms with Crippen molar-refractivity contribution in [2.45, 2.75) is 117 Å². The highest BCUT2D eigenvalue weighted by Crippen LogP contribution is 2.87. The van der Waals surface area contributed by atoms with Gasteiger partial charge in [-0.05, 0) is 91.9 Å². The van der Waals surface area contributed by atoms with Crippen LogP contribution in [0.15, 0.2) is 11.6 Å². The van der Waals surface area contributed by atoms with Gasteiger partial charge in [0, 0.05) is 49.9 Å². The topological polar surface area (TPSA) is 87.7 Å². The molecular formula is C35H53N3O4. The standard InChI is InChI=1S/C35H53N3O4/c1-6-29(40)37-18-30(41)36-13-14-38-19-21(2)15-28-31(38)22(3)35(42-28)12-10-26-25-8-7-23-16-24(39)9-11-32(23,4)27(25)17-34(26)20-33(34,35)5/h16,21-22,25-28,31H,6-15,17-20H2,1-5H3,(H,36,41)(H,37,40)/t21-,22+,25-,26-,27-,28+,31-,32-,33?,34?,35+/m0/s1. The lowest BCUT2D eigenvalue weighted by molar-refractivity contribution is -0.148. The molecule has 4 saturated carbocycles. The van der Waals surface area contributed by atoms with Crippen molar-refractivity contribution in [1.29, 1.82) is 0 Å². The minimum absolute atomic E-state index is 0.0496. The number of nitrogens with one attached hydrogen (secondary N) is 2. The molecule has 2 saturated heterocycles. The summed E-state index contributed by atoms with van der Waals surface area (Å²) < 4.78 is 7.44. The van der Waals surface area contributed by atoms with E-state index >= 15 is 0 Å². The first kappa shape index (κ1) is 29.0. The van der Waals surface area contributed by atoms with Gasteiger partial charge in [0.15, 0.2) is 5.78 Å². The summed E-state index contributed by atoms with van der Waals surface area (Å²) in [7, 11) is 0. The molecule has 2 aliphatic heterocycles. The molecule has 7 aliphatic rings. The van der Waals surface area contributed by atoms with E-state index in [-0.39, 0.29) is 40.9 Å². The minimum Gasteiger partial charge on any atom is -0.369 e. The molecule has 0 bridgehead atoms. The van der Waals surface area contributed by atoms with Crippen LogP contribution in [-0.4, -0.2) is 66.4 Å². The van der Waals surface area contributed by atoms with Crippen LogP contribution in [0.5, 0.6) is 0 Å². The number of nitrogens with zero attached hydrogens (tertiary/aromatic N) is 1. The number of ether oxygens (including phenoxy) is 1. The zero-order valence-corrected chi connectivity index (χ0v) is 26.6. The third-order valence-electron chi connectivity index (χ3n) is 14.3. The fourth-order valence-corrected chi connectivity index (χ4v) is 12.3. The summed E-state index contributed by atoms with van der Waals surface area (Å²) in [6.07, 6.45) is 13.1. The number of rotatable bonds is 6. The number of hydrogen-bond donors (Lipinski definition) is 2. The van der Waals surface area contributed by atoms with E-state index in [1.54, 1.807) is 6.92 Å². The van der Waals surface area contributed by atoms with Crippen molar-refractivity contribution in [3.8, 4) is 0 Å². The lowest BCUT2D eigenvalue weighted by Gasteiger charge is -2.50. The molecule has 2 amide bonds. The predicted octanol–water partition coefficient (Wildman–Crippen LogP) is 4.64. The van der Waals surface area contributed by atoms with Crippen LogP contribution in [0.1, 0.15) is 98.8 Å². The first-order valence-electron chi connectivity index (χ1n) is 17.2. The Morgan fingerprint density at radius 1 is 1.07 bits per heavy atom. The molecule has 0 aromatic rings. The van der Waals surface area contributed by atoms with Gasteiger partial charge in [0.05, 0.1) is 18.2 Å². The Balaban J connectivity index is 1.08. The van der Waals surface area contributed by atoms with Gasteiger partial charge in [-0.15, -0.1) is 0 Å². The van der Waals surface area contributed by atoms with Crippen LogP contribution in [0.3, 0.4) is 0 Å². The van der Waals surface area contributed by atoms with Crippen molar-refractivity contribution in [3.63, 3.8) is 0 Å². The number of amides is 2. The Hall–Kier alpha value is -1.73. The number of piperidine rings is 1. The Morgan fingerprint density at radius 2 is 1.88 bits per heavy atom. The van der Waals surface area contributed by atoms with E-state index in [1.165, 1.54) is 37.7 Å². The Bertz CT molecular complexity index is 1200. The van der Waals surface area contributed by atoms with E-state index in [1.807, 2.05) is 6.08 Å². The average Bonchev–Trinajstić information content (AvgIpc) is 3.29. The van der Waals surface area contributed by atoms with Crippen molar-refractivity contribution >= 4 is 17.6 Å². The summed E-state index contributed by atoms with van der Waals surface area (Å²) in [5.41, 5.74) is 2.24. The molecule has 5 aliphatic carbocycles. The van der Waals surface area contributed by atoms with Gasteiger partial charge >= 0.3 is 0 Å². The predicted molar refractivity (Wildman–Crippen MR) is 161 cm³/mol. The number of carbonyl (C=O) groups is 3. The first-order chi connectivity index (χ1) is 20.0. The van der Waals surface area contributed by atoms with Crippen molar-refractivity contribution in [3.05, 3.63) is 11.6 Å². The number of allylic oxidation sites excluding steroid dienone is 2.